The third-order valence-corrected chi connectivity index (χ3v) is 7.35. The highest BCUT2D eigenvalue weighted by Gasteiger charge is 2.16. The number of nitrogens with zero attached hydrogens (tertiary/aromatic N) is 1. The molecule has 0 radical (unpaired) electrons. The van der Waals surface area contributed by atoms with Crippen molar-refractivity contribution in [2.24, 2.45) is 0 Å². The summed E-state index contributed by atoms with van der Waals surface area (Å²) in [6, 6.07) is 10.0. The first-order valence-corrected chi connectivity index (χ1v) is 9.96. The standard InChI is InChI=1S/C16H12Br2N2OS2/c1-8-3-5-10(6-4-8)13-9(2)22-16(19-13)20-15(21)12-7-11(17)14(18)23-12/h3-7H,1-2H3,(H,19,20,21). The van der Waals surface area contributed by atoms with Gasteiger partial charge in [0.2, 0.25) is 0 Å². The first-order chi connectivity index (χ1) is 10.9. The van der Waals surface area contributed by atoms with Gasteiger partial charge in [0.05, 0.1) is 14.4 Å². The number of halogens is 2. The molecule has 0 aliphatic rings. The zero-order valence-corrected chi connectivity index (χ0v) is 17.1. The Kier molecular flexibility index (Phi) is 5.01. The fourth-order valence-electron chi connectivity index (χ4n) is 2.05. The first-order valence-electron chi connectivity index (χ1n) is 6.74. The summed E-state index contributed by atoms with van der Waals surface area (Å²) in [6.45, 7) is 4.07. The molecule has 0 fully saturated rings. The molecule has 0 saturated carbocycles. The third kappa shape index (κ3) is 3.74. The van der Waals surface area contributed by atoms with Gasteiger partial charge in [-0.1, -0.05) is 29.8 Å². The maximum absolute atomic E-state index is 12.3. The molecule has 3 nitrogen and oxygen atoms in total. The fraction of sp³-hybridized carbons (Fsp3) is 0.125. The number of rotatable bonds is 3. The average Bonchev–Trinajstić information content (AvgIpc) is 3.03. The van der Waals surface area contributed by atoms with Gasteiger partial charge in [-0.2, -0.15) is 0 Å². The van der Waals surface area contributed by atoms with E-state index in [0.717, 1.165) is 24.4 Å². The number of aromatic nitrogens is 1. The summed E-state index contributed by atoms with van der Waals surface area (Å²) in [6.07, 6.45) is 0. The predicted octanol–water partition coefficient (Wildman–Crippen LogP) is 6.27. The van der Waals surface area contributed by atoms with E-state index >= 15 is 0 Å². The largest absolute Gasteiger partial charge is 0.297 e. The zero-order chi connectivity index (χ0) is 16.6. The number of hydrogen-bond donors (Lipinski definition) is 1. The van der Waals surface area contributed by atoms with Crippen LogP contribution in [0.15, 0.2) is 38.6 Å². The van der Waals surface area contributed by atoms with Crippen molar-refractivity contribution in [3.63, 3.8) is 0 Å². The van der Waals surface area contributed by atoms with Crippen LogP contribution < -0.4 is 5.32 Å². The van der Waals surface area contributed by atoms with Crippen LogP contribution in [0.4, 0.5) is 5.13 Å². The number of hydrogen-bond acceptors (Lipinski definition) is 4. The van der Waals surface area contributed by atoms with Crippen molar-refractivity contribution < 1.29 is 4.79 Å². The number of carbonyl (C=O) groups excluding carboxylic acids is 1. The number of anilines is 1. The molecular formula is C16H12Br2N2OS2. The van der Waals surface area contributed by atoms with E-state index < -0.39 is 0 Å². The van der Waals surface area contributed by atoms with Crippen LogP contribution in [0.1, 0.15) is 20.1 Å². The second-order valence-electron chi connectivity index (χ2n) is 4.98. The number of thiophene rings is 1. The Hall–Kier alpha value is -1.02. The van der Waals surface area contributed by atoms with Gasteiger partial charge in [0.1, 0.15) is 0 Å². The second-order valence-corrected chi connectivity index (χ2v) is 9.40. The zero-order valence-electron chi connectivity index (χ0n) is 12.3. The van der Waals surface area contributed by atoms with E-state index in [0.29, 0.717) is 10.0 Å². The molecule has 0 bridgehead atoms. The van der Waals surface area contributed by atoms with E-state index in [1.165, 1.54) is 28.2 Å². The lowest BCUT2D eigenvalue weighted by Gasteiger charge is -1.99. The van der Waals surface area contributed by atoms with Gasteiger partial charge in [-0.15, -0.1) is 22.7 Å². The van der Waals surface area contributed by atoms with Crippen LogP contribution in [0.5, 0.6) is 0 Å². The summed E-state index contributed by atoms with van der Waals surface area (Å²) in [5, 5.41) is 3.49. The third-order valence-electron chi connectivity index (χ3n) is 3.21. The minimum atomic E-state index is -0.148. The van der Waals surface area contributed by atoms with Crippen molar-refractivity contribution in [1.82, 2.24) is 4.98 Å². The predicted molar refractivity (Wildman–Crippen MR) is 105 cm³/mol. The van der Waals surface area contributed by atoms with Gasteiger partial charge in [-0.25, -0.2) is 4.98 Å². The van der Waals surface area contributed by atoms with Crippen LogP contribution in [0.25, 0.3) is 11.3 Å². The average molecular weight is 472 g/mol. The molecule has 7 heteroatoms. The van der Waals surface area contributed by atoms with E-state index in [9.17, 15) is 4.79 Å². The smallest absolute Gasteiger partial charge is 0.267 e. The van der Waals surface area contributed by atoms with Crippen LogP contribution in [0, 0.1) is 13.8 Å². The van der Waals surface area contributed by atoms with Crippen LogP contribution in [0.2, 0.25) is 0 Å². The summed E-state index contributed by atoms with van der Waals surface area (Å²) < 4.78 is 1.78. The van der Waals surface area contributed by atoms with Crippen LogP contribution in [-0.4, -0.2) is 10.9 Å². The van der Waals surface area contributed by atoms with Gasteiger partial charge in [-0.05, 0) is 51.8 Å². The van der Waals surface area contributed by atoms with Crippen LogP contribution >= 0.6 is 54.5 Å². The monoisotopic (exact) mass is 470 g/mol. The van der Waals surface area contributed by atoms with E-state index in [2.05, 4.69) is 73.3 Å². The Labute approximate surface area is 159 Å². The van der Waals surface area contributed by atoms with Crippen molar-refractivity contribution in [3.8, 4) is 11.3 Å². The molecule has 0 unspecified atom stereocenters. The van der Waals surface area contributed by atoms with Gasteiger partial charge in [0.25, 0.3) is 5.91 Å². The minimum Gasteiger partial charge on any atom is -0.297 e. The number of aryl methyl sites for hydroxylation is 2. The highest BCUT2D eigenvalue weighted by molar-refractivity contribution is 9.13. The number of thiazole rings is 1. The Balaban J connectivity index is 1.83. The molecule has 1 amide bonds. The van der Waals surface area contributed by atoms with Crippen molar-refractivity contribution in [1.29, 1.82) is 0 Å². The van der Waals surface area contributed by atoms with Crippen molar-refractivity contribution in [2.75, 3.05) is 5.32 Å². The van der Waals surface area contributed by atoms with Gasteiger partial charge >= 0.3 is 0 Å². The molecule has 1 N–H and O–H groups in total. The van der Waals surface area contributed by atoms with Crippen LogP contribution in [0.3, 0.4) is 0 Å². The molecule has 0 aliphatic heterocycles. The van der Waals surface area contributed by atoms with Gasteiger partial charge in [0.15, 0.2) is 5.13 Å². The molecule has 1 aromatic carbocycles. The lowest BCUT2D eigenvalue weighted by molar-refractivity contribution is 0.103. The van der Waals surface area contributed by atoms with E-state index in [-0.39, 0.29) is 5.91 Å². The maximum atomic E-state index is 12.3. The van der Waals surface area contributed by atoms with Gasteiger partial charge in [-0.3, -0.25) is 10.1 Å². The Morgan fingerprint density at radius 1 is 1.13 bits per heavy atom. The topological polar surface area (TPSA) is 42.0 Å². The summed E-state index contributed by atoms with van der Waals surface area (Å²) in [7, 11) is 0. The van der Waals surface area contributed by atoms with Crippen molar-refractivity contribution >= 4 is 65.6 Å². The lowest BCUT2D eigenvalue weighted by atomic mass is 10.1. The van der Waals surface area contributed by atoms with E-state index in [1.807, 2.05) is 6.92 Å². The summed E-state index contributed by atoms with van der Waals surface area (Å²) >= 11 is 9.66. The maximum Gasteiger partial charge on any atom is 0.267 e. The number of amides is 1. The fourth-order valence-corrected chi connectivity index (χ4v) is 4.81. The molecule has 0 aliphatic carbocycles. The lowest BCUT2D eigenvalue weighted by Crippen LogP contribution is -2.09. The molecule has 3 rings (SSSR count). The van der Waals surface area contributed by atoms with Gasteiger partial charge in [0, 0.05) is 14.9 Å². The first kappa shape index (κ1) is 16.8. The minimum absolute atomic E-state index is 0.148. The summed E-state index contributed by atoms with van der Waals surface area (Å²) in [5.74, 6) is -0.148. The normalized spacial score (nSPS) is 10.8. The quantitative estimate of drug-likeness (QED) is 0.489. The molecule has 2 heterocycles. The number of nitrogens with one attached hydrogen (secondary N) is 1. The molecule has 0 saturated heterocycles. The molecule has 2 aromatic heterocycles. The number of benzene rings is 1. The highest BCUT2D eigenvalue weighted by Crippen LogP contribution is 2.34. The Bertz CT molecular complexity index is 849. The van der Waals surface area contributed by atoms with E-state index in [4.69, 9.17) is 0 Å². The SMILES string of the molecule is Cc1ccc(-c2nc(NC(=O)c3cc(Br)c(Br)s3)sc2C)cc1. The molecule has 118 valence electrons. The molecule has 3 aromatic rings. The van der Waals surface area contributed by atoms with Crippen molar-refractivity contribution in [2.45, 2.75) is 13.8 Å². The van der Waals surface area contributed by atoms with Crippen LogP contribution in [-0.2, 0) is 0 Å². The summed E-state index contributed by atoms with van der Waals surface area (Å²) in [4.78, 5) is 18.6. The van der Waals surface area contributed by atoms with Gasteiger partial charge < -0.3 is 0 Å². The molecule has 23 heavy (non-hydrogen) atoms. The highest BCUT2D eigenvalue weighted by atomic mass is 79.9. The van der Waals surface area contributed by atoms with Crippen molar-refractivity contribution in [3.05, 3.63) is 53.9 Å². The Morgan fingerprint density at radius 3 is 2.43 bits per heavy atom. The summed E-state index contributed by atoms with van der Waals surface area (Å²) in [5.41, 5.74) is 3.19. The molecule has 0 atom stereocenters. The second kappa shape index (κ2) is 6.84. The number of carbonyl (C=O) groups is 1. The Morgan fingerprint density at radius 2 is 1.83 bits per heavy atom. The van der Waals surface area contributed by atoms with E-state index in [1.54, 1.807) is 6.07 Å². The molecular weight excluding hydrogens is 460 g/mol. The molecule has 0 spiro atoms.